The fourth-order valence-corrected chi connectivity index (χ4v) is 3.03. The van der Waals surface area contributed by atoms with Crippen LogP contribution >= 0.6 is 22.6 Å². The second-order valence-electron chi connectivity index (χ2n) is 4.47. The Morgan fingerprint density at radius 1 is 1.16 bits per heavy atom. The molecule has 0 aliphatic carbocycles. The van der Waals surface area contributed by atoms with Gasteiger partial charge in [-0.2, -0.15) is 0 Å². The summed E-state index contributed by atoms with van der Waals surface area (Å²) in [5, 5.41) is 3.48. The average molecular weight is 369 g/mol. The Labute approximate surface area is 127 Å². The first-order chi connectivity index (χ1) is 9.20. The number of benzene rings is 2. The van der Waals surface area contributed by atoms with E-state index in [1.165, 1.54) is 11.6 Å². The number of nitrogens with one attached hydrogen (secondary N) is 1. The first-order valence-corrected chi connectivity index (χ1v) is 7.51. The molecule has 2 aromatic rings. The predicted octanol–water partition coefficient (Wildman–Crippen LogP) is 4.32. The summed E-state index contributed by atoms with van der Waals surface area (Å²) in [6.45, 7) is 2.99. The molecule has 0 aliphatic heterocycles. The van der Waals surface area contributed by atoms with Crippen molar-refractivity contribution in [2.75, 3.05) is 6.54 Å². The summed E-state index contributed by atoms with van der Waals surface area (Å²) in [4.78, 5) is 0. The predicted molar refractivity (Wildman–Crippen MR) is 85.7 cm³/mol. The van der Waals surface area contributed by atoms with Crippen molar-refractivity contribution in [3.8, 4) is 0 Å². The first-order valence-electron chi connectivity index (χ1n) is 6.43. The van der Waals surface area contributed by atoms with Gasteiger partial charge in [0.15, 0.2) is 0 Å². The van der Waals surface area contributed by atoms with Crippen LogP contribution in [0.2, 0.25) is 0 Å². The van der Waals surface area contributed by atoms with Crippen molar-refractivity contribution in [1.82, 2.24) is 5.32 Å². The van der Waals surface area contributed by atoms with E-state index >= 15 is 0 Å². The van der Waals surface area contributed by atoms with Gasteiger partial charge in [-0.1, -0.05) is 43.3 Å². The summed E-state index contributed by atoms with van der Waals surface area (Å²) in [5.74, 6) is -0.178. The molecule has 0 saturated carbocycles. The molecular weight excluding hydrogens is 352 g/mol. The zero-order chi connectivity index (χ0) is 13.7. The van der Waals surface area contributed by atoms with E-state index in [9.17, 15) is 4.39 Å². The molecule has 0 amide bonds. The van der Waals surface area contributed by atoms with Crippen molar-refractivity contribution in [2.45, 2.75) is 19.4 Å². The van der Waals surface area contributed by atoms with Crippen LogP contribution < -0.4 is 5.32 Å². The Kier molecular flexibility index (Phi) is 5.34. The number of hydrogen-bond acceptors (Lipinski definition) is 1. The Hall–Kier alpha value is -0.940. The third kappa shape index (κ3) is 4.01. The molecule has 2 aromatic carbocycles. The van der Waals surface area contributed by atoms with Gasteiger partial charge in [0.05, 0.1) is 0 Å². The Bertz CT molecular complexity index is 528. The molecule has 3 heteroatoms. The zero-order valence-corrected chi connectivity index (χ0v) is 13.0. The van der Waals surface area contributed by atoms with Gasteiger partial charge in [-0.3, -0.25) is 0 Å². The minimum Gasteiger partial charge on any atom is -0.310 e. The molecule has 0 aliphatic rings. The number of hydrogen-bond donors (Lipinski definition) is 1. The van der Waals surface area contributed by atoms with Crippen LogP contribution in [0.5, 0.6) is 0 Å². The highest BCUT2D eigenvalue weighted by atomic mass is 127. The van der Waals surface area contributed by atoms with Gasteiger partial charge in [0, 0.05) is 9.61 Å². The lowest BCUT2D eigenvalue weighted by Crippen LogP contribution is -2.23. The number of halogens is 2. The lowest BCUT2D eigenvalue weighted by Gasteiger charge is -2.20. The molecule has 0 heterocycles. The molecule has 1 atom stereocenters. The average Bonchev–Trinajstić information content (AvgIpc) is 2.39. The van der Waals surface area contributed by atoms with Gasteiger partial charge in [-0.15, -0.1) is 0 Å². The molecule has 1 nitrogen and oxygen atoms in total. The molecule has 0 radical (unpaired) electrons. The molecule has 100 valence electrons. The van der Waals surface area contributed by atoms with Crippen LogP contribution in [0.1, 0.15) is 24.1 Å². The van der Waals surface area contributed by atoms with Crippen LogP contribution in [-0.4, -0.2) is 6.54 Å². The summed E-state index contributed by atoms with van der Waals surface area (Å²) in [6.07, 6.45) is 0.913. The molecule has 1 N–H and O–H groups in total. The Morgan fingerprint density at radius 2 is 1.89 bits per heavy atom. The summed E-state index contributed by atoms with van der Waals surface area (Å²) < 4.78 is 14.2. The van der Waals surface area contributed by atoms with Crippen LogP contribution in [0, 0.1) is 9.39 Å². The summed E-state index contributed by atoms with van der Waals surface area (Å²) in [5.41, 5.74) is 2.45. The molecule has 1 unspecified atom stereocenters. The highest BCUT2D eigenvalue weighted by Gasteiger charge is 2.14. The normalized spacial score (nSPS) is 12.4. The Balaban J connectivity index is 2.24. The summed E-state index contributed by atoms with van der Waals surface area (Å²) >= 11 is 2.20. The first kappa shape index (κ1) is 14.5. The van der Waals surface area contributed by atoms with Gasteiger partial charge in [0.1, 0.15) is 5.82 Å². The lowest BCUT2D eigenvalue weighted by molar-refractivity contribution is 0.545. The fourth-order valence-electron chi connectivity index (χ4n) is 2.17. The van der Waals surface area contributed by atoms with Crippen molar-refractivity contribution >= 4 is 22.6 Å². The van der Waals surface area contributed by atoms with Crippen molar-refractivity contribution in [2.24, 2.45) is 0 Å². The van der Waals surface area contributed by atoms with Crippen LogP contribution in [0.15, 0.2) is 48.5 Å². The molecule has 19 heavy (non-hydrogen) atoms. The van der Waals surface area contributed by atoms with E-state index in [1.807, 2.05) is 24.3 Å². The van der Waals surface area contributed by atoms with Gasteiger partial charge in [-0.05, 0) is 58.8 Å². The van der Waals surface area contributed by atoms with Gasteiger partial charge < -0.3 is 5.32 Å². The maximum absolute atomic E-state index is 13.2. The second kappa shape index (κ2) is 7.01. The molecule has 0 bridgehead atoms. The van der Waals surface area contributed by atoms with Gasteiger partial charge >= 0.3 is 0 Å². The van der Waals surface area contributed by atoms with Crippen molar-refractivity contribution in [3.63, 3.8) is 0 Å². The van der Waals surface area contributed by atoms with Crippen LogP contribution in [0.4, 0.5) is 4.39 Å². The standard InChI is InChI=1S/C16H17FIN/c1-2-19-16(10-12-6-4-3-5-7-12)14-9-8-13(17)11-15(14)18/h3-9,11,16,19H,2,10H2,1H3. The van der Waals surface area contributed by atoms with E-state index in [2.05, 4.69) is 47.0 Å². The van der Waals surface area contributed by atoms with Crippen LogP contribution in [0.3, 0.4) is 0 Å². The Morgan fingerprint density at radius 3 is 2.53 bits per heavy atom. The van der Waals surface area contributed by atoms with Crippen molar-refractivity contribution < 1.29 is 4.39 Å². The number of rotatable bonds is 5. The van der Waals surface area contributed by atoms with Gasteiger partial charge in [0.2, 0.25) is 0 Å². The van der Waals surface area contributed by atoms with E-state index in [4.69, 9.17) is 0 Å². The van der Waals surface area contributed by atoms with E-state index in [0.29, 0.717) is 0 Å². The van der Waals surface area contributed by atoms with Crippen molar-refractivity contribution in [1.29, 1.82) is 0 Å². The molecule has 0 spiro atoms. The highest BCUT2D eigenvalue weighted by molar-refractivity contribution is 14.1. The molecular formula is C16H17FIN. The summed E-state index contributed by atoms with van der Waals surface area (Å²) in [7, 11) is 0. The maximum Gasteiger partial charge on any atom is 0.124 e. The second-order valence-corrected chi connectivity index (χ2v) is 5.63. The largest absolute Gasteiger partial charge is 0.310 e. The van der Waals surface area contributed by atoms with Crippen LogP contribution in [0.25, 0.3) is 0 Å². The van der Waals surface area contributed by atoms with E-state index in [1.54, 1.807) is 6.07 Å². The monoisotopic (exact) mass is 369 g/mol. The van der Waals surface area contributed by atoms with Gasteiger partial charge in [-0.25, -0.2) is 4.39 Å². The van der Waals surface area contributed by atoms with Gasteiger partial charge in [0.25, 0.3) is 0 Å². The van der Waals surface area contributed by atoms with E-state index in [-0.39, 0.29) is 11.9 Å². The van der Waals surface area contributed by atoms with E-state index < -0.39 is 0 Å². The van der Waals surface area contributed by atoms with Crippen LogP contribution in [-0.2, 0) is 6.42 Å². The minimum atomic E-state index is -0.178. The molecule has 0 saturated heterocycles. The molecule has 0 aromatic heterocycles. The highest BCUT2D eigenvalue weighted by Crippen LogP contribution is 2.24. The minimum absolute atomic E-state index is 0.178. The smallest absolute Gasteiger partial charge is 0.124 e. The third-order valence-corrected chi connectivity index (χ3v) is 4.01. The zero-order valence-electron chi connectivity index (χ0n) is 10.9. The number of likely N-dealkylation sites (N-methyl/N-ethyl adjacent to an activating group) is 1. The van der Waals surface area contributed by atoms with Crippen molar-refractivity contribution in [3.05, 3.63) is 69.0 Å². The quantitative estimate of drug-likeness (QED) is 0.774. The SMILES string of the molecule is CCNC(Cc1ccccc1)c1ccc(F)cc1I. The third-order valence-electron chi connectivity index (χ3n) is 3.07. The molecule has 0 fully saturated rings. The molecule has 2 rings (SSSR count). The van der Waals surface area contributed by atoms with E-state index in [0.717, 1.165) is 22.1 Å². The topological polar surface area (TPSA) is 12.0 Å². The summed E-state index contributed by atoms with van der Waals surface area (Å²) in [6, 6.07) is 15.6. The lowest BCUT2D eigenvalue weighted by atomic mass is 9.99. The fraction of sp³-hybridized carbons (Fsp3) is 0.250. The maximum atomic E-state index is 13.2.